The molecule has 1 heterocycles. The Morgan fingerprint density at radius 1 is 1.64 bits per heavy atom. The summed E-state index contributed by atoms with van der Waals surface area (Å²) in [6, 6.07) is 3.09. The van der Waals surface area contributed by atoms with Crippen LogP contribution in [0.1, 0.15) is 23.2 Å². The molecule has 1 aromatic heterocycles. The summed E-state index contributed by atoms with van der Waals surface area (Å²) in [5, 5.41) is 8.57. The van der Waals surface area contributed by atoms with Gasteiger partial charge in [-0.3, -0.25) is 0 Å². The Bertz CT molecular complexity index is 387. The Morgan fingerprint density at radius 2 is 2.29 bits per heavy atom. The van der Waals surface area contributed by atoms with E-state index in [1.807, 2.05) is 0 Å². The Morgan fingerprint density at radius 3 is 2.71 bits per heavy atom. The van der Waals surface area contributed by atoms with Gasteiger partial charge in [0.1, 0.15) is 15.5 Å². The number of aromatic nitrogens is 1. The zero-order valence-corrected chi connectivity index (χ0v) is 9.12. The highest BCUT2D eigenvalue weighted by Crippen LogP contribution is 2.27. The minimum atomic E-state index is -2.61. The lowest BCUT2D eigenvalue weighted by molar-refractivity contribution is 0.148. The number of nitrogens with zero attached hydrogens (tertiary/aromatic N) is 2. The molecule has 1 rings (SSSR count). The van der Waals surface area contributed by atoms with Crippen LogP contribution < -0.4 is 5.73 Å². The van der Waals surface area contributed by atoms with Crippen molar-refractivity contribution < 1.29 is 8.78 Å². The van der Waals surface area contributed by atoms with Crippen LogP contribution in [-0.4, -0.2) is 4.98 Å². The number of hydrogen-bond donors (Lipinski definition) is 1. The molecule has 0 bridgehead atoms. The topological polar surface area (TPSA) is 62.7 Å². The molecule has 14 heavy (non-hydrogen) atoms. The SMILES string of the molecule is N#Cc1cc(CN)c(C(F)F)c(I)n1. The lowest BCUT2D eigenvalue weighted by atomic mass is 10.1. The molecule has 0 aliphatic rings. The summed E-state index contributed by atoms with van der Waals surface area (Å²) in [5.74, 6) is 0. The molecule has 0 radical (unpaired) electrons. The largest absolute Gasteiger partial charge is 0.326 e. The van der Waals surface area contributed by atoms with E-state index in [1.165, 1.54) is 6.07 Å². The second-order valence-corrected chi connectivity index (χ2v) is 3.51. The van der Waals surface area contributed by atoms with Crippen molar-refractivity contribution in [2.24, 2.45) is 5.73 Å². The van der Waals surface area contributed by atoms with Gasteiger partial charge in [-0.05, 0) is 34.2 Å². The first-order valence-corrected chi connectivity index (χ1v) is 4.75. The molecule has 0 saturated heterocycles. The third-order valence-corrected chi connectivity index (χ3v) is 2.47. The first kappa shape index (κ1) is 11.3. The van der Waals surface area contributed by atoms with Crippen molar-refractivity contribution in [1.29, 1.82) is 5.26 Å². The lowest BCUT2D eigenvalue weighted by Gasteiger charge is -2.08. The lowest BCUT2D eigenvalue weighted by Crippen LogP contribution is -2.07. The standard InChI is InChI=1S/C8H6F2IN3/c9-7(10)6-4(2-12)1-5(3-13)14-8(6)11/h1,7H,2,12H2. The predicted octanol–water partition coefficient (Wildman–Crippen LogP) is 1.95. The van der Waals surface area contributed by atoms with E-state index in [-0.39, 0.29) is 27.1 Å². The van der Waals surface area contributed by atoms with Gasteiger partial charge in [-0.2, -0.15) is 5.26 Å². The highest BCUT2D eigenvalue weighted by atomic mass is 127. The van der Waals surface area contributed by atoms with E-state index < -0.39 is 6.43 Å². The molecule has 74 valence electrons. The van der Waals surface area contributed by atoms with Gasteiger partial charge < -0.3 is 5.73 Å². The number of rotatable bonds is 2. The van der Waals surface area contributed by atoms with Crippen LogP contribution in [0.3, 0.4) is 0 Å². The zero-order chi connectivity index (χ0) is 10.7. The van der Waals surface area contributed by atoms with Gasteiger partial charge in [0.05, 0.1) is 5.56 Å². The summed E-state index contributed by atoms with van der Waals surface area (Å²) in [4.78, 5) is 3.71. The zero-order valence-electron chi connectivity index (χ0n) is 6.97. The monoisotopic (exact) mass is 309 g/mol. The molecule has 0 aromatic carbocycles. The van der Waals surface area contributed by atoms with Gasteiger partial charge in [-0.1, -0.05) is 0 Å². The van der Waals surface area contributed by atoms with Crippen molar-refractivity contribution in [1.82, 2.24) is 4.98 Å². The van der Waals surface area contributed by atoms with Crippen LogP contribution in [0, 0.1) is 15.0 Å². The Kier molecular flexibility index (Phi) is 3.71. The van der Waals surface area contributed by atoms with E-state index in [9.17, 15) is 8.78 Å². The third kappa shape index (κ3) is 2.16. The van der Waals surface area contributed by atoms with Crippen molar-refractivity contribution in [3.8, 4) is 6.07 Å². The quantitative estimate of drug-likeness (QED) is 0.671. The van der Waals surface area contributed by atoms with E-state index in [0.717, 1.165) is 0 Å². The fourth-order valence-corrected chi connectivity index (χ4v) is 1.87. The number of hydrogen-bond acceptors (Lipinski definition) is 3. The van der Waals surface area contributed by atoms with Gasteiger partial charge in [0.25, 0.3) is 6.43 Å². The first-order chi connectivity index (χ1) is 6.60. The van der Waals surface area contributed by atoms with Crippen LogP contribution in [0.25, 0.3) is 0 Å². The Labute approximate surface area is 93.1 Å². The van der Waals surface area contributed by atoms with Crippen molar-refractivity contribution in [3.05, 3.63) is 26.6 Å². The molecule has 0 fully saturated rings. The van der Waals surface area contributed by atoms with E-state index in [4.69, 9.17) is 11.0 Å². The predicted molar refractivity (Wildman–Crippen MR) is 54.5 cm³/mol. The van der Waals surface area contributed by atoms with Gasteiger partial charge >= 0.3 is 0 Å². The molecule has 0 aliphatic carbocycles. The van der Waals surface area contributed by atoms with Crippen LogP contribution >= 0.6 is 22.6 Å². The van der Waals surface area contributed by atoms with Crippen molar-refractivity contribution in [3.63, 3.8) is 0 Å². The molecular formula is C8H6F2IN3. The van der Waals surface area contributed by atoms with E-state index >= 15 is 0 Å². The second-order valence-electron chi connectivity index (χ2n) is 2.49. The molecule has 0 aliphatic heterocycles. The normalized spacial score (nSPS) is 10.3. The van der Waals surface area contributed by atoms with Gasteiger partial charge in [-0.25, -0.2) is 13.8 Å². The number of nitrogens with two attached hydrogens (primary N) is 1. The smallest absolute Gasteiger partial charge is 0.266 e. The number of pyridine rings is 1. The molecule has 0 saturated carbocycles. The Hall–Kier alpha value is -0.810. The highest BCUT2D eigenvalue weighted by Gasteiger charge is 2.18. The van der Waals surface area contributed by atoms with Crippen LogP contribution in [0.15, 0.2) is 6.07 Å². The minimum Gasteiger partial charge on any atom is -0.326 e. The van der Waals surface area contributed by atoms with Gasteiger partial charge in [0.2, 0.25) is 0 Å². The van der Waals surface area contributed by atoms with Crippen LogP contribution in [0.4, 0.5) is 8.78 Å². The summed E-state index contributed by atoms with van der Waals surface area (Å²) in [6.45, 7) is -0.0210. The molecule has 3 nitrogen and oxygen atoms in total. The highest BCUT2D eigenvalue weighted by molar-refractivity contribution is 14.1. The van der Waals surface area contributed by atoms with Crippen molar-refractivity contribution in [2.45, 2.75) is 13.0 Å². The van der Waals surface area contributed by atoms with Crippen LogP contribution in [-0.2, 0) is 6.54 Å². The maximum absolute atomic E-state index is 12.5. The Balaban J connectivity index is 3.36. The molecule has 0 unspecified atom stereocenters. The molecule has 2 N–H and O–H groups in total. The second kappa shape index (κ2) is 4.61. The summed E-state index contributed by atoms with van der Waals surface area (Å²) < 4.78 is 25.2. The van der Waals surface area contributed by atoms with Gasteiger partial charge in [0, 0.05) is 6.54 Å². The molecule has 0 spiro atoms. The van der Waals surface area contributed by atoms with Gasteiger partial charge in [-0.15, -0.1) is 0 Å². The molecule has 1 aromatic rings. The van der Waals surface area contributed by atoms with Crippen LogP contribution in [0.2, 0.25) is 0 Å². The maximum atomic E-state index is 12.5. The average Bonchev–Trinajstić information content (AvgIpc) is 2.15. The first-order valence-electron chi connectivity index (χ1n) is 3.67. The third-order valence-electron chi connectivity index (χ3n) is 1.65. The average molecular weight is 309 g/mol. The van der Waals surface area contributed by atoms with E-state index in [1.54, 1.807) is 28.7 Å². The maximum Gasteiger partial charge on any atom is 0.266 e. The molecule has 0 amide bonds. The summed E-state index contributed by atoms with van der Waals surface area (Å²) in [6.07, 6.45) is -2.61. The van der Waals surface area contributed by atoms with Crippen molar-refractivity contribution in [2.75, 3.05) is 0 Å². The van der Waals surface area contributed by atoms with E-state index in [2.05, 4.69) is 4.98 Å². The number of alkyl halides is 2. The van der Waals surface area contributed by atoms with Gasteiger partial charge in [0.15, 0.2) is 0 Å². The van der Waals surface area contributed by atoms with E-state index in [0.29, 0.717) is 0 Å². The fourth-order valence-electron chi connectivity index (χ4n) is 1.03. The molecule has 6 heteroatoms. The summed E-state index contributed by atoms with van der Waals surface area (Å²) in [5.41, 5.74) is 5.52. The number of halogens is 3. The number of nitriles is 1. The summed E-state index contributed by atoms with van der Waals surface area (Å²) >= 11 is 1.68. The minimum absolute atomic E-state index is 0.0210. The summed E-state index contributed by atoms with van der Waals surface area (Å²) in [7, 11) is 0. The van der Waals surface area contributed by atoms with Crippen LogP contribution in [0.5, 0.6) is 0 Å². The molecule has 0 atom stereocenters. The van der Waals surface area contributed by atoms with Crippen molar-refractivity contribution >= 4 is 22.6 Å². The molecular weight excluding hydrogens is 303 g/mol. The fraction of sp³-hybridized carbons (Fsp3) is 0.250.